The van der Waals surface area contributed by atoms with Gasteiger partial charge >= 0.3 is 0 Å². The van der Waals surface area contributed by atoms with Crippen LogP contribution in [0.25, 0.3) is 11.0 Å². The molecule has 2 aromatic rings. The zero-order valence-electron chi connectivity index (χ0n) is 9.28. The molecule has 0 spiro atoms. The van der Waals surface area contributed by atoms with Crippen molar-refractivity contribution in [1.82, 2.24) is 4.98 Å². The van der Waals surface area contributed by atoms with Crippen molar-refractivity contribution in [3.63, 3.8) is 0 Å². The zero-order chi connectivity index (χ0) is 10.8. The summed E-state index contributed by atoms with van der Waals surface area (Å²) in [5.74, 6) is 0.971. The Morgan fingerprint density at radius 1 is 1.19 bits per heavy atom. The van der Waals surface area contributed by atoms with Crippen LogP contribution in [0.3, 0.4) is 0 Å². The predicted octanol–water partition coefficient (Wildman–Crippen LogP) is 3.57. The predicted molar refractivity (Wildman–Crippen MR) is 64.5 cm³/mol. The second kappa shape index (κ2) is 4.16. The fraction of sp³-hybridized carbons (Fsp3) is 0.462. The van der Waals surface area contributed by atoms with Gasteiger partial charge in [0.05, 0.1) is 11.6 Å². The monoisotopic (exact) mass is 216 g/mol. The normalized spacial score (nSPS) is 17.8. The molecule has 1 saturated carbocycles. The maximum Gasteiger partial charge on any atom is 0.139 e. The van der Waals surface area contributed by atoms with Crippen molar-refractivity contribution in [2.45, 2.75) is 38.1 Å². The molecule has 1 fully saturated rings. The van der Waals surface area contributed by atoms with Crippen molar-refractivity contribution in [2.75, 3.05) is 5.32 Å². The molecular formula is C13H16N2O. The summed E-state index contributed by atoms with van der Waals surface area (Å²) in [6.45, 7) is 0. The first-order valence-electron chi connectivity index (χ1n) is 6.02. The van der Waals surface area contributed by atoms with Crippen LogP contribution >= 0.6 is 0 Å². The fourth-order valence-corrected chi connectivity index (χ4v) is 2.45. The van der Waals surface area contributed by atoms with Crippen LogP contribution in [0.4, 0.5) is 5.82 Å². The first-order valence-corrected chi connectivity index (χ1v) is 6.02. The maximum atomic E-state index is 5.37. The second-order valence-electron chi connectivity index (χ2n) is 4.47. The molecule has 1 N–H and O–H groups in total. The number of hydrogen-bond donors (Lipinski definition) is 1. The Balaban J connectivity index is 1.85. The lowest BCUT2D eigenvalue weighted by molar-refractivity contribution is 0.462. The van der Waals surface area contributed by atoms with E-state index in [1.807, 2.05) is 12.1 Å². The first-order chi connectivity index (χ1) is 7.93. The van der Waals surface area contributed by atoms with E-state index < -0.39 is 0 Å². The number of anilines is 1. The van der Waals surface area contributed by atoms with Crippen molar-refractivity contribution in [1.29, 1.82) is 0 Å². The lowest BCUT2D eigenvalue weighted by Gasteiger charge is -2.23. The Kier molecular flexibility index (Phi) is 2.52. The van der Waals surface area contributed by atoms with Crippen molar-refractivity contribution < 1.29 is 4.42 Å². The van der Waals surface area contributed by atoms with Crippen LogP contribution in [-0.2, 0) is 0 Å². The first kappa shape index (κ1) is 9.70. The Labute approximate surface area is 94.9 Å². The van der Waals surface area contributed by atoms with Crippen LogP contribution in [0.1, 0.15) is 32.1 Å². The standard InChI is InChI=1S/C13H16N2O/c1-2-4-10(5-3-1)15-13-11-7-9-16-12(11)6-8-14-13/h6-10H,1-5H2,(H,14,15). The number of rotatable bonds is 2. The third kappa shape index (κ3) is 1.77. The molecule has 0 aliphatic heterocycles. The summed E-state index contributed by atoms with van der Waals surface area (Å²) in [6, 6.07) is 4.47. The van der Waals surface area contributed by atoms with Gasteiger partial charge in [-0.15, -0.1) is 0 Å². The van der Waals surface area contributed by atoms with E-state index in [1.165, 1.54) is 32.1 Å². The fourth-order valence-electron chi connectivity index (χ4n) is 2.45. The number of hydrogen-bond acceptors (Lipinski definition) is 3. The molecule has 0 atom stereocenters. The molecule has 3 rings (SSSR count). The van der Waals surface area contributed by atoms with Crippen molar-refractivity contribution in [3.8, 4) is 0 Å². The second-order valence-corrected chi connectivity index (χ2v) is 4.47. The van der Waals surface area contributed by atoms with Crippen LogP contribution in [0.2, 0.25) is 0 Å². The Morgan fingerprint density at radius 3 is 2.94 bits per heavy atom. The number of nitrogens with zero attached hydrogens (tertiary/aromatic N) is 1. The van der Waals surface area contributed by atoms with E-state index in [0.29, 0.717) is 6.04 Å². The smallest absolute Gasteiger partial charge is 0.139 e. The van der Waals surface area contributed by atoms with Gasteiger partial charge in [0.15, 0.2) is 0 Å². The molecule has 2 aromatic heterocycles. The van der Waals surface area contributed by atoms with Gasteiger partial charge in [-0.2, -0.15) is 0 Å². The average Bonchev–Trinajstić information content (AvgIpc) is 2.80. The van der Waals surface area contributed by atoms with E-state index in [2.05, 4.69) is 10.3 Å². The molecule has 0 radical (unpaired) electrons. The molecule has 0 aromatic carbocycles. The van der Waals surface area contributed by atoms with Crippen molar-refractivity contribution in [3.05, 3.63) is 24.6 Å². The lowest BCUT2D eigenvalue weighted by Crippen LogP contribution is -2.22. The molecule has 3 heteroatoms. The van der Waals surface area contributed by atoms with Gasteiger partial charge in [-0.05, 0) is 25.0 Å². The third-order valence-corrected chi connectivity index (χ3v) is 3.33. The van der Waals surface area contributed by atoms with E-state index >= 15 is 0 Å². The molecule has 84 valence electrons. The molecular weight excluding hydrogens is 200 g/mol. The minimum Gasteiger partial charge on any atom is -0.464 e. The van der Waals surface area contributed by atoms with E-state index in [0.717, 1.165) is 16.8 Å². The van der Waals surface area contributed by atoms with E-state index in [9.17, 15) is 0 Å². The summed E-state index contributed by atoms with van der Waals surface area (Å²) in [5, 5.41) is 4.63. The quantitative estimate of drug-likeness (QED) is 0.833. The summed E-state index contributed by atoms with van der Waals surface area (Å²) in [4.78, 5) is 4.40. The highest BCUT2D eigenvalue weighted by Gasteiger charge is 2.14. The molecule has 1 aliphatic carbocycles. The van der Waals surface area contributed by atoms with Gasteiger partial charge < -0.3 is 9.73 Å². The average molecular weight is 216 g/mol. The van der Waals surface area contributed by atoms with Crippen molar-refractivity contribution >= 4 is 16.8 Å². The van der Waals surface area contributed by atoms with Crippen LogP contribution in [0, 0.1) is 0 Å². The highest BCUT2D eigenvalue weighted by Crippen LogP contribution is 2.26. The highest BCUT2D eigenvalue weighted by molar-refractivity contribution is 5.87. The van der Waals surface area contributed by atoms with Crippen LogP contribution < -0.4 is 5.32 Å². The number of aromatic nitrogens is 1. The Bertz CT molecular complexity index is 471. The van der Waals surface area contributed by atoms with Gasteiger partial charge in [-0.1, -0.05) is 19.3 Å². The van der Waals surface area contributed by atoms with E-state index in [1.54, 1.807) is 12.5 Å². The summed E-state index contributed by atoms with van der Waals surface area (Å²) < 4.78 is 5.37. The molecule has 1 aliphatic rings. The Morgan fingerprint density at radius 2 is 2.06 bits per heavy atom. The minimum absolute atomic E-state index is 0.585. The van der Waals surface area contributed by atoms with Gasteiger partial charge in [0.1, 0.15) is 11.4 Å². The molecule has 16 heavy (non-hydrogen) atoms. The number of pyridine rings is 1. The van der Waals surface area contributed by atoms with Gasteiger partial charge in [0.25, 0.3) is 0 Å². The van der Waals surface area contributed by atoms with Crippen LogP contribution in [0.15, 0.2) is 29.0 Å². The van der Waals surface area contributed by atoms with Gasteiger partial charge in [-0.3, -0.25) is 0 Å². The molecule has 0 unspecified atom stereocenters. The molecule has 0 bridgehead atoms. The summed E-state index contributed by atoms with van der Waals surface area (Å²) in [5.41, 5.74) is 0.910. The van der Waals surface area contributed by atoms with E-state index in [4.69, 9.17) is 4.42 Å². The summed E-state index contributed by atoms with van der Waals surface area (Å²) in [7, 11) is 0. The highest BCUT2D eigenvalue weighted by atomic mass is 16.3. The number of fused-ring (bicyclic) bond motifs is 1. The SMILES string of the molecule is c1cc2occc2c(NC2CCCCC2)n1. The van der Waals surface area contributed by atoms with Crippen LogP contribution in [0.5, 0.6) is 0 Å². The van der Waals surface area contributed by atoms with E-state index in [-0.39, 0.29) is 0 Å². The lowest BCUT2D eigenvalue weighted by atomic mass is 9.95. The number of nitrogens with one attached hydrogen (secondary N) is 1. The summed E-state index contributed by atoms with van der Waals surface area (Å²) in [6.07, 6.45) is 10.1. The molecule has 3 nitrogen and oxygen atoms in total. The Hall–Kier alpha value is -1.51. The molecule has 0 saturated heterocycles. The zero-order valence-corrected chi connectivity index (χ0v) is 9.28. The van der Waals surface area contributed by atoms with Gasteiger partial charge in [0, 0.05) is 12.2 Å². The topological polar surface area (TPSA) is 38.1 Å². The summed E-state index contributed by atoms with van der Waals surface area (Å²) >= 11 is 0. The van der Waals surface area contributed by atoms with Gasteiger partial charge in [0.2, 0.25) is 0 Å². The maximum absolute atomic E-state index is 5.37. The molecule has 0 amide bonds. The third-order valence-electron chi connectivity index (χ3n) is 3.33. The van der Waals surface area contributed by atoms with Crippen LogP contribution in [-0.4, -0.2) is 11.0 Å². The number of furan rings is 1. The largest absolute Gasteiger partial charge is 0.464 e. The molecule has 2 heterocycles. The van der Waals surface area contributed by atoms with Crippen molar-refractivity contribution in [2.24, 2.45) is 0 Å². The van der Waals surface area contributed by atoms with Gasteiger partial charge in [-0.25, -0.2) is 4.98 Å². The minimum atomic E-state index is 0.585.